The Morgan fingerprint density at radius 1 is 0.382 bits per heavy atom. The molecule has 2 saturated carbocycles. The van der Waals surface area contributed by atoms with Gasteiger partial charge in [-0.1, -0.05) is 384 Å². The molecular weight excluding hydrogens is 1070 g/mol. The number of hydrogen-bond donors (Lipinski definition) is 2. The zero-order chi connectivity index (χ0) is 65.2. The molecular formula is C87H135NO. The van der Waals surface area contributed by atoms with Crippen molar-refractivity contribution in [2.45, 2.75) is 309 Å². The van der Waals surface area contributed by atoms with Gasteiger partial charge in [-0.2, -0.15) is 0 Å². The summed E-state index contributed by atoms with van der Waals surface area (Å²) in [4.78, 5) is 3.38. The zero-order valence-corrected chi connectivity index (χ0v) is 60.4. The molecule has 0 radical (unpaired) electrons. The van der Waals surface area contributed by atoms with Crippen LogP contribution >= 0.6 is 0 Å². The predicted molar refractivity (Wildman–Crippen MR) is 401 cm³/mol. The van der Waals surface area contributed by atoms with Crippen molar-refractivity contribution in [2.75, 3.05) is 0 Å². The molecule has 89 heavy (non-hydrogen) atoms. The number of fused-ring (bicyclic) bond motifs is 9. The second kappa shape index (κ2) is 45.4. The Morgan fingerprint density at radius 2 is 0.697 bits per heavy atom. The topological polar surface area (TPSA) is 36.0 Å². The zero-order valence-electron chi connectivity index (χ0n) is 60.4. The largest absolute Gasteiger partial charge is 0.390 e. The van der Waals surface area contributed by atoms with Crippen molar-refractivity contribution in [3.63, 3.8) is 0 Å². The lowest BCUT2D eigenvalue weighted by molar-refractivity contribution is 0.0619. The summed E-state index contributed by atoms with van der Waals surface area (Å²) in [5.74, 6) is 2.13. The molecule has 0 bridgehead atoms. The Kier molecular flexibility index (Phi) is 39.9. The van der Waals surface area contributed by atoms with E-state index in [0.717, 1.165) is 31.1 Å². The van der Waals surface area contributed by atoms with Crippen molar-refractivity contribution in [3.05, 3.63) is 168 Å². The van der Waals surface area contributed by atoms with Crippen LogP contribution in [-0.4, -0.2) is 15.7 Å². The van der Waals surface area contributed by atoms with Crippen LogP contribution in [0.5, 0.6) is 0 Å². The molecule has 4 aliphatic rings. The lowest BCUT2D eigenvalue weighted by Gasteiger charge is -2.44. The van der Waals surface area contributed by atoms with Gasteiger partial charge in [0.15, 0.2) is 0 Å². The Labute approximate surface area is 550 Å². The first-order valence-corrected chi connectivity index (χ1v) is 37.2. The number of unbranched alkanes of at least 4 members (excludes halogenated alkanes) is 16. The predicted octanol–water partition coefficient (Wildman–Crippen LogP) is 28.3. The van der Waals surface area contributed by atoms with Crippen molar-refractivity contribution in [3.8, 4) is 22.3 Å². The Hall–Kier alpha value is -4.92. The van der Waals surface area contributed by atoms with Crippen LogP contribution in [0, 0.1) is 22.7 Å². The summed E-state index contributed by atoms with van der Waals surface area (Å²) in [6, 6.07) is 51.4. The minimum absolute atomic E-state index is 0.457. The molecule has 2 nitrogen and oxygen atoms in total. The molecule has 1 heterocycles. The summed E-state index contributed by atoms with van der Waals surface area (Å²) >= 11 is 0. The van der Waals surface area contributed by atoms with Crippen LogP contribution < -0.4 is 0 Å². The quantitative estimate of drug-likeness (QED) is 0.0733. The van der Waals surface area contributed by atoms with Crippen molar-refractivity contribution >= 4 is 21.8 Å². The summed E-state index contributed by atoms with van der Waals surface area (Å²) in [6.45, 7) is 32.4. The van der Waals surface area contributed by atoms with Crippen molar-refractivity contribution < 1.29 is 5.11 Å². The number of aromatic nitrogens is 1. The second-order valence-corrected chi connectivity index (χ2v) is 28.0. The van der Waals surface area contributed by atoms with E-state index in [0.29, 0.717) is 10.8 Å². The van der Waals surface area contributed by atoms with Crippen LogP contribution in [0.3, 0.4) is 0 Å². The smallest absolute Gasteiger partial charge is 0.0591 e. The van der Waals surface area contributed by atoms with Gasteiger partial charge in [0.1, 0.15) is 0 Å². The van der Waals surface area contributed by atoms with E-state index in [2.05, 4.69) is 199 Å². The van der Waals surface area contributed by atoms with Gasteiger partial charge in [0, 0.05) is 21.8 Å². The normalized spacial score (nSPS) is 14.9. The fourth-order valence-electron chi connectivity index (χ4n) is 13.7. The van der Waals surface area contributed by atoms with E-state index in [1.54, 1.807) is 0 Å². The average molecular weight is 1210 g/mol. The van der Waals surface area contributed by atoms with Gasteiger partial charge in [-0.05, 0) is 132 Å². The maximum absolute atomic E-state index is 9.52. The maximum Gasteiger partial charge on any atom is 0.0591 e. The van der Waals surface area contributed by atoms with Crippen LogP contribution in [0.25, 0.3) is 44.1 Å². The van der Waals surface area contributed by atoms with E-state index in [4.69, 9.17) is 0 Å². The molecule has 0 spiro atoms. The third-order valence-electron chi connectivity index (χ3n) is 18.6. The highest BCUT2D eigenvalue weighted by atomic mass is 16.3. The number of aromatic amines is 1. The second-order valence-electron chi connectivity index (χ2n) is 28.0. The van der Waals surface area contributed by atoms with E-state index in [1.807, 2.05) is 55.4 Å². The average Bonchev–Trinajstić information content (AvgIpc) is 3.41. The van der Waals surface area contributed by atoms with Crippen LogP contribution in [0.15, 0.2) is 146 Å². The van der Waals surface area contributed by atoms with E-state index in [9.17, 15) is 5.11 Å². The number of H-pyrrole nitrogens is 1. The van der Waals surface area contributed by atoms with E-state index in [-0.39, 0.29) is 0 Å². The summed E-state index contributed by atoms with van der Waals surface area (Å²) < 4.78 is 0. The molecule has 0 saturated heterocycles. The van der Waals surface area contributed by atoms with Gasteiger partial charge in [-0.15, -0.1) is 0 Å². The number of aliphatic hydroxyl groups is 1. The van der Waals surface area contributed by atoms with Crippen LogP contribution in [0.2, 0.25) is 0 Å². The van der Waals surface area contributed by atoms with Gasteiger partial charge in [0.05, 0.1) is 5.60 Å². The fraction of sp³-hybridized carbons (Fsp3) is 0.586. The molecule has 2 N–H and O–H groups in total. The molecule has 2 fully saturated rings. The summed E-state index contributed by atoms with van der Waals surface area (Å²) in [5, 5.41) is 12.1. The Bertz CT molecular complexity index is 2580. The van der Waals surface area contributed by atoms with Gasteiger partial charge in [-0.3, -0.25) is 0 Å². The lowest BCUT2D eigenvalue weighted by atomic mass is 9.61. The molecule has 494 valence electrons. The molecule has 1 unspecified atom stereocenters. The first kappa shape index (κ1) is 78.3. The lowest BCUT2D eigenvalue weighted by Crippen LogP contribution is -2.34. The number of benzene rings is 6. The summed E-state index contributed by atoms with van der Waals surface area (Å²) in [6.07, 6.45) is 43.3. The van der Waals surface area contributed by atoms with Gasteiger partial charge >= 0.3 is 0 Å². The van der Waals surface area contributed by atoms with E-state index >= 15 is 0 Å². The Morgan fingerprint density at radius 3 is 1.04 bits per heavy atom. The molecule has 2 heteroatoms. The fourth-order valence-corrected chi connectivity index (χ4v) is 13.7. The summed E-state index contributed by atoms with van der Waals surface area (Å²) in [5.41, 5.74) is 14.7. The van der Waals surface area contributed by atoms with Gasteiger partial charge < -0.3 is 10.1 Å². The molecule has 11 rings (SSSR count). The van der Waals surface area contributed by atoms with Crippen molar-refractivity contribution in [1.82, 2.24) is 4.98 Å². The number of hydrogen-bond acceptors (Lipinski definition) is 1. The van der Waals surface area contributed by atoms with Crippen molar-refractivity contribution in [2.24, 2.45) is 22.7 Å². The third kappa shape index (κ3) is 29.9. The maximum atomic E-state index is 9.52. The Balaban J connectivity index is 0.000000274. The summed E-state index contributed by atoms with van der Waals surface area (Å²) in [7, 11) is 0. The highest BCUT2D eigenvalue weighted by molar-refractivity contribution is 6.07. The highest BCUT2D eigenvalue weighted by Gasteiger charge is 2.37. The van der Waals surface area contributed by atoms with E-state index < -0.39 is 5.60 Å². The van der Waals surface area contributed by atoms with Gasteiger partial charge in [-0.25, -0.2) is 0 Å². The minimum atomic E-state index is -0.457. The van der Waals surface area contributed by atoms with Crippen LogP contribution in [0.1, 0.15) is 312 Å². The number of nitrogens with one attached hydrogen (secondary N) is 1. The number of para-hydroxylation sites is 2. The third-order valence-corrected chi connectivity index (χ3v) is 18.6. The standard InChI is InChI=1S/C15H32.C14H30O.C14H26.2C13H10.C12H9N.3C2H6/c1-5-6-7-8-9-10-11-12-13-14-15(2,3)4;1-4-5-6-7-8-9-10-11-12-13-14(2,3)15;1-14(2)11-7-6-10-13(14)12-8-4-3-5-9-12;2*1-3-7-12-10(5-1)9-11-6-2-4-8-13(11)12;1-3-7-11-9(5-1)10-6-2-4-8-12(10)13-11;3*1-2/h5-14H2,1-4H3;15H,4-13H2,1-3H3;12-13H,3-11H2,1-2H3;2*1-8H,9H2;1-8,13H;3*1-2H3. The van der Waals surface area contributed by atoms with Crippen molar-refractivity contribution in [1.29, 1.82) is 0 Å². The minimum Gasteiger partial charge on any atom is -0.390 e. The first-order valence-electron chi connectivity index (χ1n) is 37.2. The first-order chi connectivity index (χ1) is 43.2. The van der Waals surface area contributed by atoms with Crippen LogP contribution in [-0.2, 0) is 12.8 Å². The molecule has 0 amide bonds. The molecule has 4 aliphatic carbocycles. The van der Waals surface area contributed by atoms with Gasteiger partial charge in [0.25, 0.3) is 0 Å². The van der Waals surface area contributed by atoms with Crippen LogP contribution in [0.4, 0.5) is 0 Å². The SMILES string of the molecule is CC.CC.CC.CC1(C)CCCCC1C1CCCCC1.CCCCCCCCCCCC(C)(C)C.CCCCCCCCCCCC(C)(C)O.c1ccc2c(c1)Cc1ccccc1-2.c1ccc2c(c1)Cc1ccccc1-2.c1ccc2c(c1)[nH]c1ccccc12. The molecule has 0 aliphatic heterocycles. The monoisotopic (exact) mass is 1210 g/mol. The van der Waals surface area contributed by atoms with Gasteiger partial charge in [0.2, 0.25) is 0 Å². The van der Waals surface area contributed by atoms with E-state index in [1.165, 1.54) is 246 Å². The molecule has 1 atom stereocenters. The highest BCUT2D eigenvalue weighted by Crippen LogP contribution is 2.48. The number of rotatable bonds is 20. The molecule has 6 aromatic carbocycles. The molecule has 7 aromatic rings. The molecule has 1 aromatic heterocycles.